The van der Waals surface area contributed by atoms with E-state index in [1.54, 1.807) is 11.0 Å². The molecule has 0 radical (unpaired) electrons. The van der Waals surface area contributed by atoms with Crippen molar-refractivity contribution >= 4 is 29.1 Å². The maximum absolute atomic E-state index is 14.6. The lowest BCUT2D eigenvalue weighted by Gasteiger charge is -2.28. The molecule has 8 heteroatoms. The van der Waals surface area contributed by atoms with E-state index in [4.69, 9.17) is 15.5 Å². The molecule has 0 spiro atoms. The summed E-state index contributed by atoms with van der Waals surface area (Å²) in [7, 11) is 0. The zero-order valence-electron chi connectivity index (χ0n) is 26.1. The Morgan fingerprint density at radius 2 is 1.60 bits per heavy atom. The highest BCUT2D eigenvalue weighted by molar-refractivity contribution is 6.20. The largest absolute Gasteiger partial charge is 0.457 e. The minimum atomic E-state index is -1.24. The molecule has 2 aliphatic rings. The van der Waals surface area contributed by atoms with Gasteiger partial charge in [0.15, 0.2) is 0 Å². The number of anilines is 1. The Kier molecular flexibility index (Phi) is 9.57. The number of hydrogen-bond acceptors (Lipinski definition) is 5. The highest BCUT2D eigenvalue weighted by Crippen LogP contribution is 2.39. The standard InChI is InChI=1S/C39H38N4O4/c1-2-12-31(36(40)44)33(24-26-21-22-26)38(45)42-37-39(46)43(25-27-13-11-18-30(23-27)47-29-16-7-4-8-17-29)34-20-10-9-19-32(34)35(41-37)28-14-5-3-6-15-28/h2-11,13-20,23,26,31,33,37H,1,12,21-22,24-25H2,(H2,40,44)(H,42,45). The van der Waals surface area contributed by atoms with E-state index in [9.17, 15) is 14.4 Å². The van der Waals surface area contributed by atoms with E-state index in [1.165, 1.54) is 0 Å². The summed E-state index contributed by atoms with van der Waals surface area (Å²) in [6.07, 6.45) is 3.15. The van der Waals surface area contributed by atoms with Crippen LogP contribution in [0.3, 0.4) is 0 Å². The van der Waals surface area contributed by atoms with Gasteiger partial charge in [0, 0.05) is 11.1 Å². The summed E-state index contributed by atoms with van der Waals surface area (Å²) in [5, 5.41) is 2.95. The summed E-state index contributed by atoms with van der Waals surface area (Å²) >= 11 is 0. The first kappa shape index (κ1) is 31.5. The van der Waals surface area contributed by atoms with Crippen molar-refractivity contribution in [3.63, 3.8) is 0 Å². The second-order valence-corrected chi connectivity index (χ2v) is 12.1. The number of carbonyl (C=O) groups is 3. The molecule has 1 saturated carbocycles. The number of nitrogens with zero attached hydrogens (tertiary/aromatic N) is 2. The normalized spacial score (nSPS) is 17.0. The Balaban J connectivity index is 1.37. The minimum Gasteiger partial charge on any atom is -0.457 e. The van der Waals surface area contributed by atoms with Gasteiger partial charge in [-0.2, -0.15) is 0 Å². The SMILES string of the molecule is C=CCC(C(N)=O)C(CC1CC1)C(=O)NC1N=C(c2ccccc2)c2ccccc2N(Cc2cccc(Oc3ccccc3)c2)C1=O. The zero-order chi connectivity index (χ0) is 32.8. The number of primary amides is 1. The predicted octanol–water partition coefficient (Wildman–Crippen LogP) is 6.40. The van der Waals surface area contributed by atoms with Crippen LogP contribution in [0.4, 0.5) is 5.69 Å². The lowest BCUT2D eigenvalue weighted by molar-refractivity contribution is -0.135. The number of carbonyl (C=O) groups excluding carboxylic acids is 3. The van der Waals surface area contributed by atoms with Crippen molar-refractivity contribution in [3.05, 3.63) is 139 Å². The fraction of sp³-hybridized carbons (Fsp3) is 0.231. The molecule has 1 aliphatic heterocycles. The van der Waals surface area contributed by atoms with Crippen molar-refractivity contribution in [3.8, 4) is 11.5 Å². The minimum absolute atomic E-state index is 0.206. The fourth-order valence-corrected chi connectivity index (χ4v) is 6.09. The Morgan fingerprint density at radius 3 is 2.30 bits per heavy atom. The van der Waals surface area contributed by atoms with Crippen LogP contribution in [0.2, 0.25) is 0 Å². The number of nitrogens with two attached hydrogens (primary N) is 1. The Labute approximate surface area is 275 Å². The van der Waals surface area contributed by atoms with Gasteiger partial charge in [0.1, 0.15) is 11.5 Å². The Hall–Kier alpha value is -5.50. The molecule has 0 bridgehead atoms. The lowest BCUT2D eigenvalue weighted by atomic mass is 9.84. The number of hydrogen-bond donors (Lipinski definition) is 2. The highest BCUT2D eigenvalue weighted by atomic mass is 16.5. The summed E-state index contributed by atoms with van der Waals surface area (Å²) in [5.41, 5.74) is 9.44. The number of benzodiazepines with no additional fused rings is 1. The zero-order valence-corrected chi connectivity index (χ0v) is 26.1. The predicted molar refractivity (Wildman–Crippen MR) is 183 cm³/mol. The summed E-state index contributed by atoms with van der Waals surface area (Å²) in [6, 6.07) is 34.3. The molecule has 0 saturated heterocycles. The van der Waals surface area contributed by atoms with E-state index in [0.717, 1.165) is 29.5 Å². The van der Waals surface area contributed by atoms with Crippen LogP contribution in [0, 0.1) is 17.8 Å². The molecule has 6 rings (SSSR count). The van der Waals surface area contributed by atoms with E-state index in [-0.39, 0.29) is 13.0 Å². The summed E-state index contributed by atoms with van der Waals surface area (Å²) < 4.78 is 6.07. The molecule has 0 aromatic heterocycles. The topological polar surface area (TPSA) is 114 Å². The summed E-state index contributed by atoms with van der Waals surface area (Å²) in [5.74, 6) is -1.11. The second kappa shape index (κ2) is 14.3. The van der Waals surface area contributed by atoms with Crippen molar-refractivity contribution in [1.82, 2.24) is 5.32 Å². The maximum Gasteiger partial charge on any atom is 0.272 e. The van der Waals surface area contributed by atoms with Crippen molar-refractivity contribution < 1.29 is 19.1 Å². The quantitative estimate of drug-likeness (QED) is 0.167. The fourth-order valence-electron chi connectivity index (χ4n) is 6.09. The first-order valence-electron chi connectivity index (χ1n) is 16.0. The number of amides is 3. The van der Waals surface area contributed by atoms with E-state index < -0.39 is 35.7 Å². The van der Waals surface area contributed by atoms with Gasteiger partial charge in [-0.05, 0) is 54.7 Å². The third kappa shape index (κ3) is 7.49. The van der Waals surface area contributed by atoms with Crippen LogP contribution in [0.1, 0.15) is 42.4 Å². The van der Waals surface area contributed by atoms with Crippen molar-refractivity contribution in [1.29, 1.82) is 0 Å². The molecule has 1 heterocycles. The average Bonchev–Trinajstić information content (AvgIpc) is 3.93. The number of fused-ring (bicyclic) bond motifs is 1. The van der Waals surface area contributed by atoms with Crippen LogP contribution < -0.4 is 20.7 Å². The molecule has 3 N–H and O–H groups in total. The average molecular weight is 627 g/mol. The second-order valence-electron chi connectivity index (χ2n) is 12.1. The molecule has 8 nitrogen and oxygen atoms in total. The van der Waals surface area contributed by atoms with E-state index >= 15 is 0 Å². The van der Waals surface area contributed by atoms with E-state index in [1.807, 2.05) is 109 Å². The molecular weight excluding hydrogens is 588 g/mol. The van der Waals surface area contributed by atoms with Crippen LogP contribution in [-0.2, 0) is 20.9 Å². The molecule has 3 atom stereocenters. The van der Waals surface area contributed by atoms with Gasteiger partial charge in [0.25, 0.3) is 5.91 Å². The molecule has 3 unspecified atom stereocenters. The molecule has 3 amide bonds. The maximum atomic E-state index is 14.6. The smallest absolute Gasteiger partial charge is 0.272 e. The number of benzene rings is 4. The van der Waals surface area contributed by atoms with E-state index in [0.29, 0.717) is 35.2 Å². The van der Waals surface area contributed by atoms with E-state index in [2.05, 4.69) is 11.9 Å². The van der Waals surface area contributed by atoms with Gasteiger partial charge in [-0.15, -0.1) is 6.58 Å². The van der Waals surface area contributed by atoms with Crippen LogP contribution in [0.5, 0.6) is 11.5 Å². The Bertz CT molecular complexity index is 1790. The lowest BCUT2D eigenvalue weighted by Crippen LogP contribution is -2.50. The molecule has 1 fully saturated rings. The monoisotopic (exact) mass is 626 g/mol. The molecule has 47 heavy (non-hydrogen) atoms. The molecule has 4 aromatic carbocycles. The third-order valence-corrected chi connectivity index (χ3v) is 8.65. The summed E-state index contributed by atoms with van der Waals surface area (Å²) in [6.45, 7) is 3.98. The number of aliphatic imine (C=N–C) groups is 1. The molecule has 238 valence electrons. The number of para-hydroxylation sites is 2. The number of allylic oxidation sites excluding steroid dienone is 1. The highest BCUT2D eigenvalue weighted by Gasteiger charge is 2.40. The van der Waals surface area contributed by atoms with Gasteiger partial charge < -0.3 is 20.7 Å². The van der Waals surface area contributed by atoms with Crippen LogP contribution in [-0.4, -0.2) is 29.6 Å². The third-order valence-electron chi connectivity index (χ3n) is 8.65. The van der Waals surface area contributed by atoms with Crippen molar-refractivity contribution in [2.24, 2.45) is 28.5 Å². The van der Waals surface area contributed by atoms with Crippen molar-refractivity contribution in [2.75, 3.05) is 4.90 Å². The van der Waals surface area contributed by atoms with Crippen LogP contribution in [0.25, 0.3) is 0 Å². The molecular formula is C39H38N4O4. The van der Waals surface area contributed by atoms with Gasteiger partial charge in [-0.3, -0.25) is 14.4 Å². The van der Waals surface area contributed by atoms with Gasteiger partial charge in [-0.25, -0.2) is 4.99 Å². The first-order valence-corrected chi connectivity index (χ1v) is 16.0. The van der Waals surface area contributed by atoms with Crippen LogP contribution >= 0.6 is 0 Å². The number of nitrogens with one attached hydrogen (secondary N) is 1. The van der Waals surface area contributed by atoms with Gasteiger partial charge in [0.05, 0.1) is 29.8 Å². The molecule has 1 aliphatic carbocycles. The van der Waals surface area contributed by atoms with Crippen molar-refractivity contribution in [2.45, 2.75) is 38.4 Å². The number of rotatable bonds is 13. The summed E-state index contributed by atoms with van der Waals surface area (Å²) in [4.78, 5) is 47.7. The van der Waals surface area contributed by atoms with Gasteiger partial charge in [0.2, 0.25) is 18.0 Å². The van der Waals surface area contributed by atoms with Gasteiger partial charge in [-0.1, -0.05) is 97.8 Å². The first-order chi connectivity index (χ1) is 22.9. The molecule has 4 aromatic rings. The Morgan fingerprint density at radius 1 is 0.915 bits per heavy atom. The van der Waals surface area contributed by atoms with Gasteiger partial charge >= 0.3 is 0 Å². The number of ether oxygens (including phenoxy) is 1. The van der Waals surface area contributed by atoms with Crippen LogP contribution in [0.15, 0.2) is 127 Å².